The highest BCUT2D eigenvalue weighted by Gasteiger charge is 2.32. The van der Waals surface area contributed by atoms with E-state index in [4.69, 9.17) is 11.6 Å². The van der Waals surface area contributed by atoms with Crippen LogP contribution in [0.1, 0.15) is 20.3 Å². The average Bonchev–Trinajstić information content (AvgIpc) is 1.83. The molecule has 2 atom stereocenters. The standard InChI is InChI=1S/C9H19Br2ClN.BrH/c1-5-6-13(3,4)7-8(10)9(2,11)12;/h8H,5-7H2,1-4H3;1H/q+1;/p-1. The summed E-state index contributed by atoms with van der Waals surface area (Å²) >= 11 is 13.2. The monoisotopic (exact) mass is 413 g/mol. The molecular weight excluding hydrogens is 397 g/mol. The van der Waals surface area contributed by atoms with Crippen LogP contribution in [-0.4, -0.2) is 40.3 Å². The van der Waals surface area contributed by atoms with Gasteiger partial charge in [-0.2, -0.15) is 0 Å². The highest BCUT2D eigenvalue weighted by molar-refractivity contribution is 9.13. The fraction of sp³-hybridized carbons (Fsp3) is 1.00. The van der Waals surface area contributed by atoms with Gasteiger partial charge in [-0.25, -0.2) is 0 Å². The Bertz CT molecular complexity index is 157. The largest absolute Gasteiger partial charge is 1.00 e. The Kier molecular flexibility index (Phi) is 9.16. The second-order valence-electron chi connectivity index (χ2n) is 4.27. The van der Waals surface area contributed by atoms with E-state index in [2.05, 4.69) is 52.9 Å². The van der Waals surface area contributed by atoms with Crippen molar-refractivity contribution in [3.8, 4) is 0 Å². The van der Waals surface area contributed by atoms with Gasteiger partial charge in [0.15, 0.2) is 0 Å². The zero-order chi connectivity index (χ0) is 10.7. The van der Waals surface area contributed by atoms with Crippen molar-refractivity contribution >= 4 is 43.5 Å². The number of nitrogens with zero attached hydrogens (tertiary/aromatic N) is 1. The molecule has 2 unspecified atom stereocenters. The molecule has 0 rings (SSSR count). The quantitative estimate of drug-likeness (QED) is 0.455. The number of hydrogen-bond donors (Lipinski definition) is 0. The van der Waals surface area contributed by atoms with Gasteiger partial charge in [0, 0.05) is 0 Å². The van der Waals surface area contributed by atoms with E-state index in [1.54, 1.807) is 0 Å². The maximum Gasteiger partial charge on any atom is 0.114 e. The molecule has 0 bridgehead atoms. The third-order valence-electron chi connectivity index (χ3n) is 2.03. The van der Waals surface area contributed by atoms with Gasteiger partial charge in [-0.15, -0.1) is 11.6 Å². The number of rotatable bonds is 5. The third-order valence-corrected chi connectivity index (χ3v) is 4.93. The third kappa shape index (κ3) is 7.91. The van der Waals surface area contributed by atoms with E-state index in [1.807, 2.05) is 6.92 Å². The molecule has 0 N–H and O–H groups in total. The van der Waals surface area contributed by atoms with Crippen molar-refractivity contribution in [1.82, 2.24) is 0 Å². The normalized spacial score (nSPS) is 18.2. The lowest BCUT2D eigenvalue weighted by molar-refractivity contribution is -0.889. The number of alkyl halides is 3. The molecule has 14 heavy (non-hydrogen) atoms. The lowest BCUT2D eigenvalue weighted by Gasteiger charge is -2.34. The molecule has 88 valence electrons. The number of halogens is 4. The van der Waals surface area contributed by atoms with Crippen molar-refractivity contribution in [2.75, 3.05) is 27.2 Å². The fourth-order valence-corrected chi connectivity index (χ4v) is 2.29. The highest BCUT2D eigenvalue weighted by Crippen LogP contribution is 2.33. The maximum absolute atomic E-state index is 6.15. The zero-order valence-electron chi connectivity index (χ0n) is 9.16. The van der Waals surface area contributed by atoms with E-state index >= 15 is 0 Å². The van der Waals surface area contributed by atoms with Crippen molar-refractivity contribution in [2.45, 2.75) is 28.9 Å². The molecule has 0 aromatic heterocycles. The van der Waals surface area contributed by atoms with E-state index in [1.165, 1.54) is 13.0 Å². The van der Waals surface area contributed by atoms with Crippen molar-refractivity contribution in [3.05, 3.63) is 0 Å². The fourth-order valence-electron chi connectivity index (χ4n) is 1.29. The summed E-state index contributed by atoms with van der Waals surface area (Å²) in [4.78, 5) is 0.281. The highest BCUT2D eigenvalue weighted by atomic mass is 79.9. The van der Waals surface area contributed by atoms with E-state index in [-0.39, 0.29) is 25.6 Å². The summed E-state index contributed by atoms with van der Waals surface area (Å²) in [5.74, 6) is 0. The molecule has 0 heterocycles. The molecule has 0 saturated heterocycles. The molecule has 0 aromatic carbocycles. The maximum atomic E-state index is 6.15. The molecule has 1 nitrogen and oxygen atoms in total. The van der Waals surface area contributed by atoms with Gasteiger partial charge in [0.2, 0.25) is 0 Å². The molecule has 5 heteroatoms. The molecule has 0 radical (unpaired) electrons. The van der Waals surface area contributed by atoms with Crippen LogP contribution < -0.4 is 17.0 Å². The van der Waals surface area contributed by atoms with Crippen molar-refractivity contribution in [2.24, 2.45) is 0 Å². The number of hydrogen-bond acceptors (Lipinski definition) is 0. The summed E-state index contributed by atoms with van der Waals surface area (Å²) in [6.07, 6.45) is 1.20. The van der Waals surface area contributed by atoms with E-state index < -0.39 is 0 Å². The van der Waals surface area contributed by atoms with Gasteiger partial charge >= 0.3 is 0 Å². The second-order valence-corrected chi connectivity index (χ2v) is 8.26. The van der Waals surface area contributed by atoms with E-state index in [0.29, 0.717) is 0 Å². The van der Waals surface area contributed by atoms with Crippen molar-refractivity contribution < 1.29 is 21.5 Å². The Labute approximate surface area is 120 Å². The van der Waals surface area contributed by atoms with Gasteiger partial charge < -0.3 is 21.5 Å². The molecule has 0 saturated carbocycles. The van der Waals surface area contributed by atoms with Gasteiger partial charge in [-0.1, -0.05) is 38.8 Å². The topological polar surface area (TPSA) is 0 Å². The Morgan fingerprint density at radius 2 is 1.86 bits per heavy atom. The minimum atomic E-state index is -0.351. The summed E-state index contributed by atoms with van der Waals surface area (Å²) in [5, 5.41) is 0. The predicted molar refractivity (Wildman–Crippen MR) is 68.0 cm³/mol. The summed E-state index contributed by atoms with van der Waals surface area (Å²) in [5.41, 5.74) is 0. The summed E-state index contributed by atoms with van der Waals surface area (Å²) in [7, 11) is 4.46. The van der Waals surface area contributed by atoms with Crippen LogP contribution in [0.15, 0.2) is 0 Å². The summed E-state index contributed by atoms with van der Waals surface area (Å²) in [6, 6.07) is 0. The average molecular weight is 416 g/mol. The van der Waals surface area contributed by atoms with Crippen LogP contribution in [0, 0.1) is 0 Å². The number of quaternary nitrogens is 1. The van der Waals surface area contributed by atoms with Crippen LogP contribution in [0.25, 0.3) is 0 Å². The molecule has 0 amide bonds. The molecule has 0 aliphatic carbocycles. The smallest absolute Gasteiger partial charge is 0.114 e. The molecule has 0 aromatic rings. The predicted octanol–water partition coefficient (Wildman–Crippen LogP) is 0.590. The van der Waals surface area contributed by atoms with Gasteiger partial charge in [-0.3, -0.25) is 0 Å². The van der Waals surface area contributed by atoms with Gasteiger partial charge in [0.25, 0.3) is 0 Å². The van der Waals surface area contributed by atoms with Crippen molar-refractivity contribution in [3.63, 3.8) is 0 Å². The minimum Gasteiger partial charge on any atom is -1.00 e. The molecular formula is C9H19Br3ClN. The Morgan fingerprint density at radius 1 is 1.43 bits per heavy atom. The Morgan fingerprint density at radius 3 is 2.14 bits per heavy atom. The Balaban J connectivity index is 0. The minimum absolute atomic E-state index is 0. The lowest BCUT2D eigenvalue weighted by Crippen LogP contribution is -3.00. The molecule has 0 aliphatic heterocycles. The first-order valence-electron chi connectivity index (χ1n) is 4.53. The molecule has 0 fully saturated rings. The van der Waals surface area contributed by atoms with Gasteiger partial charge in [0.05, 0.1) is 32.0 Å². The van der Waals surface area contributed by atoms with Crippen LogP contribution in [0.4, 0.5) is 0 Å². The lowest BCUT2D eigenvalue weighted by atomic mass is 10.2. The van der Waals surface area contributed by atoms with E-state index in [0.717, 1.165) is 11.0 Å². The van der Waals surface area contributed by atoms with Gasteiger partial charge in [-0.05, 0) is 13.3 Å². The first-order chi connectivity index (χ1) is 5.69. The van der Waals surface area contributed by atoms with Crippen molar-refractivity contribution in [1.29, 1.82) is 0 Å². The summed E-state index contributed by atoms with van der Waals surface area (Å²) in [6.45, 7) is 6.39. The summed E-state index contributed by atoms with van der Waals surface area (Å²) < 4.78 is 0.649. The SMILES string of the molecule is CCC[N+](C)(C)CC(Br)C(C)(Cl)Br.[Br-]. The van der Waals surface area contributed by atoms with Crippen LogP contribution >= 0.6 is 43.5 Å². The first-order valence-corrected chi connectivity index (χ1v) is 6.61. The van der Waals surface area contributed by atoms with Crippen LogP contribution in [-0.2, 0) is 0 Å². The van der Waals surface area contributed by atoms with Crippen LogP contribution in [0.5, 0.6) is 0 Å². The first kappa shape index (κ1) is 18.1. The second kappa shape index (κ2) is 7.10. The molecule has 0 aliphatic rings. The zero-order valence-corrected chi connectivity index (χ0v) is 14.7. The van der Waals surface area contributed by atoms with E-state index in [9.17, 15) is 0 Å². The van der Waals surface area contributed by atoms with Gasteiger partial charge in [0.1, 0.15) is 3.78 Å². The van der Waals surface area contributed by atoms with Crippen LogP contribution in [0.2, 0.25) is 0 Å². The Hall–Kier alpha value is 1.69. The molecule has 0 spiro atoms. The van der Waals surface area contributed by atoms with Crippen LogP contribution in [0.3, 0.4) is 0 Å².